The zero-order valence-corrected chi connectivity index (χ0v) is 8.25. The van der Waals surface area contributed by atoms with Gasteiger partial charge in [-0.25, -0.2) is 0 Å². The largest absolute Gasteiger partial charge is 0.307 e. The molecule has 3 heteroatoms. The summed E-state index contributed by atoms with van der Waals surface area (Å²) < 4.78 is 1.07. The lowest BCUT2D eigenvalue weighted by molar-refractivity contribution is 0.108. The predicted molar refractivity (Wildman–Crippen MR) is 54.0 cm³/mol. The second-order valence-electron chi connectivity index (χ2n) is 2.33. The highest BCUT2D eigenvalue weighted by Gasteiger charge is 1.99. The van der Waals surface area contributed by atoms with Crippen molar-refractivity contribution in [1.29, 1.82) is 0 Å². The Kier molecular flexibility index (Phi) is 2.70. The average Bonchev–Trinajstić information content (AvgIpc) is 1.94. The minimum absolute atomic E-state index is 0.372. The number of carbonyl (C=O) groups is 1. The van der Waals surface area contributed by atoms with Crippen LogP contribution in [0.2, 0.25) is 0 Å². The number of aryl methyl sites for hydroxylation is 1. The fourth-order valence-corrected chi connectivity index (χ4v) is 1.26. The third-order valence-electron chi connectivity index (χ3n) is 1.46. The average molecular weight is 256 g/mol. The first kappa shape index (κ1) is 8.78. The summed E-state index contributed by atoms with van der Waals surface area (Å²) in [7, 11) is 5.09. The molecule has 0 fully saturated rings. The van der Waals surface area contributed by atoms with Gasteiger partial charge in [-0.2, -0.15) is 0 Å². The van der Waals surface area contributed by atoms with Crippen molar-refractivity contribution in [2.75, 3.05) is 0 Å². The minimum Gasteiger partial charge on any atom is -0.307 e. The van der Waals surface area contributed by atoms with Gasteiger partial charge in [0.25, 0.3) is 0 Å². The lowest BCUT2D eigenvalue weighted by Crippen LogP contribution is -1.97. The Hall–Kier alpha value is -0.315. The van der Waals surface area contributed by atoms with E-state index in [9.17, 15) is 4.79 Å². The zero-order valence-electron chi connectivity index (χ0n) is 6.10. The van der Waals surface area contributed by atoms with Gasteiger partial charge in [0.15, 0.2) is 7.85 Å². The monoisotopic (exact) mass is 256 g/mol. The Morgan fingerprint density at radius 3 is 2.64 bits per heavy atom. The van der Waals surface area contributed by atoms with Gasteiger partial charge >= 0.3 is 0 Å². The van der Waals surface area contributed by atoms with Crippen molar-refractivity contribution in [3.63, 3.8) is 0 Å². The highest BCUT2D eigenvalue weighted by atomic mass is 127. The van der Waals surface area contributed by atoms with Crippen LogP contribution in [0.1, 0.15) is 15.9 Å². The van der Waals surface area contributed by atoms with Gasteiger partial charge in [-0.1, -0.05) is 12.1 Å². The van der Waals surface area contributed by atoms with Crippen molar-refractivity contribution < 1.29 is 4.79 Å². The SMILES string of the molecule is [B]C(=O)c1ccc(C)c(I)c1. The number of benzene rings is 1. The van der Waals surface area contributed by atoms with Gasteiger partial charge < -0.3 is 4.79 Å². The van der Waals surface area contributed by atoms with Crippen molar-refractivity contribution in [2.45, 2.75) is 6.92 Å². The van der Waals surface area contributed by atoms with E-state index in [4.69, 9.17) is 7.85 Å². The maximum Gasteiger partial charge on any atom is 0.175 e. The molecule has 54 valence electrons. The number of carbonyl (C=O) groups excluding carboxylic acids is 1. The molecule has 1 rings (SSSR count). The minimum atomic E-state index is -0.372. The van der Waals surface area contributed by atoms with Crippen LogP contribution >= 0.6 is 22.6 Å². The fraction of sp³-hybridized carbons (Fsp3) is 0.125. The lowest BCUT2D eigenvalue weighted by atomic mass is 9.94. The van der Waals surface area contributed by atoms with E-state index in [-0.39, 0.29) is 5.68 Å². The third-order valence-corrected chi connectivity index (χ3v) is 2.62. The first-order chi connectivity index (χ1) is 5.11. The third kappa shape index (κ3) is 2.05. The molecule has 0 bridgehead atoms. The molecular weight excluding hydrogens is 250 g/mol. The van der Waals surface area contributed by atoms with E-state index >= 15 is 0 Å². The molecule has 11 heavy (non-hydrogen) atoms. The summed E-state index contributed by atoms with van der Waals surface area (Å²) in [4.78, 5) is 10.7. The summed E-state index contributed by atoms with van der Waals surface area (Å²) >= 11 is 2.18. The molecule has 0 unspecified atom stereocenters. The van der Waals surface area contributed by atoms with Crippen molar-refractivity contribution in [3.8, 4) is 0 Å². The molecule has 0 saturated heterocycles. The Morgan fingerprint density at radius 2 is 2.18 bits per heavy atom. The van der Waals surface area contributed by atoms with Gasteiger partial charge in [-0.3, -0.25) is 0 Å². The molecular formula is C8H6BIO. The van der Waals surface area contributed by atoms with Crippen molar-refractivity contribution >= 4 is 36.1 Å². The van der Waals surface area contributed by atoms with Crippen LogP contribution in [-0.2, 0) is 0 Å². The van der Waals surface area contributed by atoms with Gasteiger partial charge in [-0.05, 0) is 41.1 Å². The molecule has 0 aliphatic carbocycles. The highest BCUT2D eigenvalue weighted by Crippen LogP contribution is 2.12. The van der Waals surface area contributed by atoms with Gasteiger partial charge in [0.05, 0.1) is 0 Å². The smallest absolute Gasteiger partial charge is 0.175 e. The summed E-state index contributed by atoms with van der Waals surface area (Å²) in [5.74, 6) is 0. The van der Waals surface area contributed by atoms with Gasteiger partial charge in [-0.15, -0.1) is 0 Å². The Labute approximate surface area is 80.7 Å². The van der Waals surface area contributed by atoms with Crippen LogP contribution in [0.3, 0.4) is 0 Å². The molecule has 0 heterocycles. The van der Waals surface area contributed by atoms with Crippen LogP contribution in [-0.4, -0.2) is 13.5 Å². The Morgan fingerprint density at radius 1 is 1.55 bits per heavy atom. The molecule has 0 aliphatic rings. The van der Waals surface area contributed by atoms with E-state index in [0.717, 1.165) is 9.13 Å². The molecule has 0 spiro atoms. The maximum atomic E-state index is 10.7. The van der Waals surface area contributed by atoms with Gasteiger partial charge in [0.2, 0.25) is 0 Å². The molecule has 0 saturated carbocycles. The molecule has 2 radical (unpaired) electrons. The topological polar surface area (TPSA) is 17.1 Å². The van der Waals surface area contributed by atoms with E-state index in [2.05, 4.69) is 22.6 Å². The standard InChI is InChI=1S/C8H6BIO/c1-5-2-3-6(8(9)11)4-7(5)10/h2-4H,1H3. The van der Waals surface area contributed by atoms with E-state index in [1.54, 1.807) is 12.1 Å². The molecule has 1 aromatic carbocycles. The van der Waals surface area contributed by atoms with Crippen molar-refractivity contribution in [1.82, 2.24) is 0 Å². The van der Waals surface area contributed by atoms with E-state index in [1.165, 1.54) is 0 Å². The van der Waals surface area contributed by atoms with Crippen LogP contribution in [0.25, 0.3) is 0 Å². The molecule has 0 atom stereocenters. The normalized spacial score (nSPS) is 9.64. The van der Waals surface area contributed by atoms with Gasteiger partial charge in [0.1, 0.15) is 5.68 Å². The molecule has 0 aliphatic heterocycles. The quantitative estimate of drug-likeness (QED) is 0.554. The summed E-state index contributed by atoms with van der Waals surface area (Å²) in [6.07, 6.45) is 0. The van der Waals surface area contributed by atoms with Crippen LogP contribution in [0, 0.1) is 10.5 Å². The summed E-state index contributed by atoms with van der Waals surface area (Å²) in [6, 6.07) is 5.42. The zero-order chi connectivity index (χ0) is 8.43. The van der Waals surface area contributed by atoms with Crippen molar-refractivity contribution in [3.05, 3.63) is 32.9 Å². The molecule has 1 aromatic rings. The summed E-state index contributed by atoms with van der Waals surface area (Å²) in [5.41, 5.74) is 1.36. The van der Waals surface area contributed by atoms with Gasteiger partial charge in [0, 0.05) is 9.13 Å². The van der Waals surface area contributed by atoms with Crippen molar-refractivity contribution in [2.24, 2.45) is 0 Å². The molecule has 0 aromatic heterocycles. The second-order valence-corrected chi connectivity index (χ2v) is 3.49. The summed E-state index contributed by atoms with van der Waals surface area (Å²) in [6.45, 7) is 1.99. The van der Waals surface area contributed by atoms with Crippen LogP contribution < -0.4 is 0 Å². The number of rotatable bonds is 1. The predicted octanol–water partition coefficient (Wildman–Crippen LogP) is 1.91. The van der Waals surface area contributed by atoms with Crippen LogP contribution in [0.4, 0.5) is 0 Å². The van der Waals surface area contributed by atoms with E-state index in [0.29, 0.717) is 5.56 Å². The maximum absolute atomic E-state index is 10.7. The highest BCUT2D eigenvalue weighted by molar-refractivity contribution is 14.1. The van der Waals surface area contributed by atoms with E-state index < -0.39 is 0 Å². The second kappa shape index (κ2) is 3.39. The van der Waals surface area contributed by atoms with Crippen LogP contribution in [0.15, 0.2) is 18.2 Å². The Balaban J connectivity index is 3.15. The molecule has 0 N–H and O–H groups in total. The number of halogens is 1. The van der Waals surface area contributed by atoms with Crippen LogP contribution in [0.5, 0.6) is 0 Å². The molecule has 1 nitrogen and oxygen atoms in total. The first-order valence-electron chi connectivity index (χ1n) is 3.17. The summed E-state index contributed by atoms with van der Waals surface area (Å²) in [5, 5.41) is 0. The molecule has 0 amide bonds. The lowest BCUT2D eigenvalue weighted by Gasteiger charge is -1.99. The Bertz CT molecular complexity index is 296. The first-order valence-corrected chi connectivity index (χ1v) is 4.25. The van der Waals surface area contributed by atoms with E-state index in [1.807, 2.05) is 13.0 Å². The number of hydrogen-bond donors (Lipinski definition) is 0. The number of hydrogen-bond acceptors (Lipinski definition) is 1. The fourth-order valence-electron chi connectivity index (χ4n) is 0.746.